The Kier molecular flexibility index (Phi) is 9.00. The van der Waals surface area contributed by atoms with Crippen LogP contribution in [-0.4, -0.2) is 12.8 Å². The lowest BCUT2D eigenvalue weighted by Crippen LogP contribution is -2.29. The van der Waals surface area contributed by atoms with Gasteiger partial charge >= 0.3 is 0 Å². The van der Waals surface area contributed by atoms with E-state index in [9.17, 15) is 0 Å². The van der Waals surface area contributed by atoms with E-state index in [0.29, 0.717) is 12.1 Å². The molecule has 0 spiro atoms. The molecule has 0 radical (unpaired) electrons. The van der Waals surface area contributed by atoms with Gasteiger partial charge in [-0.2, -0.15) is 5.26 Å². The molecule has 0 unspecified atom stereocenters. The molecule has 1 aromatic rings. The maximum atomic E-state index is 9.00. The third kappa shape index (κ3) is 7.05. The Bertz CT molecular complexity index is 1050. The molecule has 172 valence electrons. The summed E-state index contributed by atoms with van der Waals surface area (Å²) in [5, 5.41) is 9.00. The van der Waals surface area contributed by atoms with Gasteiger partial charge in [0.25, 0.3) is 0 Å². The van der Waals surface area contributed by atoms with E-state index in [1.807, 2.05) is 30.3 Å². The first-order valence-electron chi connectivity index (χ1n) is 11.4. The van der Waals surface area contributed by atoms with Crippen LogP contribution >= 0.6 is 0 Å². The smallest absolute Gasteiger partial charge is 0.0991 e. The maximum Gasteiger partial charge on any atom is 0.0991 e. The van der Waals surface area contributed by atoms with Crippen molar-refractivity contribution in [2.24, 2.45) is 21.6 Å². The van der Waals surface area contributed by atoms with Gasteiger partial charge in [-0.05, 0) is 70.2 Å². The van der Waals surface area contributed by atoms with Crippen LogP contribution in [0.3, 0.4) is 0 Å². The number of benzene rings is 1. The van der Waals surface area contributed by atoms with E-state index in [1.54, 1.807) is 12.3 Å². The zero-order valence-electron chi connectivity index (χ0n) is 20.6. The molecule has 0 aromatic heterocycles. The summed E-state index contributed by atoms with van der Waals surface area (Å²) >= 11 is 0. The van der Waals surface area contributed by atoms with Gasteiger partial charge in [-0.15, -0.1) is 0 Å². The molecule has 0 bridgehead atoms. The van der Waals surface area contributed by atoms with Gasteiger partial charge in [0, 0.05) is 6.21 Å². The summed E-state index contributed by atoms with van der Waals surface area (Å²) in [7, 11) is 0. The number of hydrogen-bond acceptors (Lipinski definition) is 3. The van der Waals surface area contributed by atoms with Crippen molar-refractivity contribution in [3.63, 3.8) is 0 Å². The standard InChI is InChI=1S/C30H37N3/c1-7-27-28(30(5,6)17-16-29(27,3)4)20-25(22-33-19-9-18-31)11-8-10-24-12-14-26(15-13-24)23(2)21-32/h7-10,12-15,18-20H,1-2,11,16-17,22,31H2,3-6H3/b10-8+,18-9?,25-20+,33-19?. The molecule has 0 fully saturated rings. The normalized spacial score (nSPS) is 18.2. The Morgan fingerprint density at radius 2 is 1.76 bits per heavy atom. The van der Waals surface area contributed by atoms with E-state index >= 15 is 0 Å². The highest BCUT2D eigenvalue weighted by Crippen LogP contribution is 2.49. The van der Waals surface area contributed by atoms with Crippen LogP contribution < -0.4 is 5.73 Å². The molecule has 1 aliphatic carbocycles. The molecule has 0 saturated heterocycles. The molecular formula is C30H37N3. The Hall–Kier alpha value is -3.38. The molecule has 0 aliphatic heterocycles. The lowest BCUT2D eigenvalue weighted by Gasteiger charge is -2.42. The van der Waals surface area contributed by atoms with E-state index in [4.69, 9.17) is 11.0 Å². The summed E-state index contributed by atoms with van der Waals surface area (Å²) in [5.41, 5.74) is 12.0. The third-order valence-corrected chi connectivity index (χ3v) is 6.36. The van der Waals surface area contributed by atoms with Crippen LogP contribution in [0.2, 0.25) is 0 Å². The van der Waals surface area contributed by atoms with Crippen molar-refractivity contribution >= 4 is 17.9 Å². The average molecular weight is 440 g/mol. The Morgan fingerprint density at radius 3 is 2.33 bits per heavy atom. The fourth-order valence-corrected chi connectivity index (χ4v) is 4.14. The van der Waals surface area contributed by atoms with Crippen molar-refractivity contribution in [2.45, 2.75) is 47.0 Å². The molecule has 2 N–H and O–H groups in total. The van der Waals surface area contributed by atoms with E-state index < -0.39 is 0 Å². The van der Waals surface area contributed by atoms with Crippen LogP contribution in [0.25, 0.3) is 11.6 Å². The molecule has 1 aliphatic rings. The largest absolute Gasteiger partial charge is 0.405 e. The van der Waals surface area contributed by atoms with Crippen LogP contribution in [0, 0.1) is 22.2 Å². The average Bonchev–Trinajstić information content (AvgIpc) is 2.79. The highest BCUT2D eigenvalue weighted by atomic mass is 14.7. The molecule has 0 saturated carbocycles. The minimum absolute atomic E-state index is 0.0911. The number of rotatable bonds is 9. The van der Waals surface area contributed by atoms with Gasteiger partial charge in [-0.25, -0.2) is 0 Å². The SMILES string of the molecule is C=CC1=C(/C=C(\C/C=C/c2ccc(C(=C)C#N)cc2)CN=CC=CN)C(C)(C)CCC1(C)C. The maximum absolute atomic E-state index is 9.00. The highest BCUT2D eigenvalue weighted by molar-refractivity contribution is 5.75. The fourth-order valence-electron chi connectivity index (χ4n) is 4.14. The summed E-state index contributed by atoms with van der Waals surface area (Å²) in [6, 6.07) is 9.96. The highest BCUT2D eigenvalue weighted by Gasteiger charge is 2.37. The first-order chi connectivity index (χ1) is 15.6. The van der Waals surface area contributed by atoms with E-state index in [-0.39, 0.29) is 10.8 Å². The monoisotopic (exact) mass is 439 g/mol. The van der Waals surface area contributed by atoms with Gasteiger partial charge in [-0.3, -0.25) is 4.99 Å². The molecule has 33 heavy (non-hydrogen) atoms. The summed E-state index contributed by atoms with van der Waals surface area (Å²) in [4.78, 5) is 4.55. The number of hydrogen-bond donors (Lipinski definition) is 1. The zero-order chi connectivity index (χ0) is 24.5. The minimum Gasteiger partial charge on any atom is -0.405 e. The predicted molar refractivity (Wildman–Crippen MR) is 144 cm³/mol. The summed E-state index contributed by atoms with van der Waals surface area (Å²) in [5.74, 6) is 0. The van der Waals surface area contributed by atoms with Gasteiger partial charge in [0.05, 0.1) is 18.2 Å². The fraction of sp³-hybridized carbons (Fsp3) is 0.333. The van der Waals surface area contributed by atoms with Crippen molar-refractivity contribution in [1.29, 1.82) is 5.26 Å². The number of aliphatic imine (C=N–C) groups is 1. The van der Waals surface area contributed by atoms with E-state index in [0.717, 1.165) is 30.4 Å². The quantitative estimate of drug-likeness (QED) is 0.321. The first kappa shape index (κ1) is 25.9. The Morgan fingerprint density at radius 1 is 1.12 bits per heavy atom. The molecule has 0 heterocycles. The first-order valence-corrected chi connectivity index (χ1v) is 11.4. The van der Waals surface area contributed by atoms with Crippen molar-refractivity contribution in [3.05, 3.63) is 95.8 Å². The van der Waals surface area contributed by atoms with Crippen LogP contribution in [0.4, 0.5) is 0 Å². The van der Waals surface area contributed by atoms with Crippen molar-refractivity contribution in [3.8, 4) is 6.07 Å². The summed E-state index contributed by atoms with van der Waals surface area (Å²) in [6.45, 7) is 17.8. The molecule has 3 heteroatoms. The second kappa shape index (κ2) is 11.5. The van der Waals surface area contributed by atoms with Gasteiger partial charge in [0.15, 0.2) is 0 Å². The third-order valence-electron chi connectivity index (χ3n) is 6.36. The molecule has 2 rings (SSSR count). The van der Waals surface area contributed by atoms with Crippen LogP contribution in [0.15, 0.2) is 89.6 Å². The lowest BCUT2D eigenvalue weighted by atomic mass is 9.62. The molecule has 0 amide bonds. The Balaban J connectivity index is 2.36. The number of allylic oxidation sites excluding steroid dienone is 7. The second-order valence-electron chi connectivity index (χ2n) is 9.80. The van der Waals surface area contributed by atoms with E-state index in [2.05, 4.69) is 70.1 Å². The Labute approximate surface area is 200 Å². The van der Waals surface area contributed by atoms with Crippen LogP contribution in [0.1, 0.15) is 58.1 Å². The molecule has 3 nitrogen and oxygen atoms in total. The summed E-state index contributed by atoms with van der Waals surface area (Å²) < 4.78 is 0. The topological polar surface area (TPSA) is 62.2 Å². The van der Waals surface area contributed by atoms with Gasteiger partial charge in [0.1, 0.15) is 0 Å². The lowest BCUT2D eigenvalue weighted by molar-refractivity contribution is 0.273. The molecular weight excluding hydrogens is 402 g/mol. The summed E-state index contributed by atoms with van der Waals surface area (Å²) in [6.07, 6.45) is 16.7. The predicted octanol–water partition coefficient (Wildman–Crippen LogP) is 7.43. The van der Waals surface area contributed by atoms with E-state index in [1.165, 1.54) is 22.9 Å². The number of nitriles is 1. The van der Waals surface area contributed by atoms with Gasteiger partial charge in [0.2, 0.25) is 0 Å². The molecule has 0 atom stereocenters. The van der Waals surface area contributed by atoms with Gasteiger partial charge < -0.3 is 5.73 Å². The zero-order valence-corrected chi connectivity index (χ0v) is 20.6. The van der Waals surface area contributed by atoms with Crippen molar-refractivity contribution in [1.82, 2.24) is 0 Å². The second-order valence-corrected chi connectivity index (χ2v) is 9.80. The van der Waals surface area contributed by atoms with Crippen molar-refractivity contribution in [2.75, 3.05) is 6.54 Å². The van der Waals surface area contributed by atoms with Crippen LogP contribution in [0.5, 0.6) is 0 Å². The van der Waals surface area contributed by atoms with Gasteiger partial charge in [-0.1, -0.05) is 89.4 Å². The van der Waals surface area contributed by atoms with Crippen molar-refractivity contribution < 1.29 is 0 Å². The minimum atomic E-state index is 0.0911. The number of nitrogens with two attached hydrogens (primary N) is 1. The van der Waals surface area contributed by atoms with Crippen LogP contribution in [-0.2, 0) is 0 Å². The molecule has 1 aromatic carbocycles. The number of nitrogens with zero attached hydrogens (tertiary/aromatic N) is 2.